The van der Waals surface area contributed by atoms with E-state index in [0.29, 0.717) is 17.7 Å². The minimum atomic E-state index is -0.813. The van der Waals surface area contributed by atoms with Crippen LogP contribution in [-0.4, -0.2) is 17.1 Å². The Labute approximate surface area is 145 Å². The van der Waals surface area contributed by atoms with E-state index in [0.717, 1.165) is 12.1 Å². The lowest BCUT2D eigenvalue weighted by Crippen LogP contribution is -2.38. The van der Waals surface area contributed by atoms with Gasteiger partial charge in [-0.05, 0) is 37.1 Å². The van der Waals surface area contributed by atoms with Gasteiger partial charge in [0.2, 0.25) is 0 Å². The Morgan fingerprint density at radius 3 is 2.64 bits per heavy atom. The van der Waals surface area contributed by atoms with Crippen molar-refractivity contribution in [3.05, 3.63) is 65.2 Å². The summed E-state index contributed by atoms with van der Waals surface area (Å²) in [5, 5.41) is 11.8. The molecular formula is C19H21F2NO3. The van der Waals surface area contributed by atoms with Gasteiger partial charge in [-0.1, -0.05) is 25.1 Å². The largest absolute Gasteiger partial charge is 0.481 e. The Bertz CT molecular complexity index is 736. The molecule has 0 spiro atoms. The smallest absolute Gasteiger partial charge is 0.261 e. The fraction of sp³-hybridized carbons (Fsp3) is 0.316. The highest BCUT2D eigenvalue weighted by Gasteiger charge is 2.21. The van der Waals surface area contributed by atoms with Crippen molar-refractivity contribution in [2.75, 3.05) is 0 Å². The molecule has 0 bridgehead atoms. The summed E-state index contributed by atoms with van der Waals surface area (Å²) in [5.74, 6) is -1.32. The number of benzene rings is 2. The maximum atomic E-state index is 13.9. The monoisotopic (exact) mass is 349 g/mol. The third kappa shape index (κ3) is 5.00. The predicted molar refractivity (Wildman–Crippen MR) is 90.0 cm³/mol. The van der Waals surface area contributed by atoms with E-state index in [-0.39, 0.29) is 12.2 Å². The number of halogens is 2. The molecule has 0 radical (unpaired) electrons. The van der Waals surface area contributed by atoms with Gasteiger partial charge in [0.05, 0.1) is 12.6 Å². The van der Waals surface area contributed by atoms with E-state index in [4.69, 9.17) is 9.84 Å². The summed E-state index contributed by atoms with van der Waals surface area (Å²) >= 11 is 0. The first-order valence-corrected chi connectivity index (χ1v) is 8.06. The molecule has 0 saturated heterocycles. The third-order valence-electron chi connectivity index (χ3n) is 3.83. The molecule has 0 aromatic heterocycles. The first-order valence-electron chi connectivity index (χ1n) is 8.06. The SMILES string of the molecule is CCC(NC(=O)C(C)Oc1cccc(CO)c1)c1ccc(F)cc1F. The second kappa shape index (κ2) is 8.58. The van der Waals surface area contributed by atoms with Gasteiger partial charge >= 0.3 is 0 Å². The van der Waals surface area contributed by atoms with Crippen molar-refractivity contribution in [2.24, 2.45) is 0 Å². The maximum absolute atomic E-state index is 13.9. The number of aliphatic hydroxyl groups is 1. The lowest BCUT2D eigenvalue weighted by atomic mass is 10.0. The lowest BCUT2D eigenvalue weighted by molar-refractivity contribution is -0.128. The first-order chi connectivity index (χ1) is 11.9. The van der Waals surface area contributed by atoms with E-state index in [1.165, 1.54) is 6.07 Å². The van der Waals surface area contributed by atoms with Crippen molar-refractivity contribution in [1.29, 1.82) is 0 Å². The van der Waals surface area contributed by atoms with Crippen LogP contribution in [0, 0.1) is 11.6 Å². The second-order valence-corrected chi connectivity index (χ2v) is 5.70. The van der Waals surface area contributed by atoms with Crippen LogP contribution in [0.1, 0.15) is 37.4 Å². The number of nitrogens with one attached hydrogen (secondary N) is 1. The number of carbonyl (C=O) groups is 1. The average Bonchev–Trinajstić information content (AvgIpc) is 2.60. The van der Waals surface area contributed by atoms with E-state index in [1.54, 1.807) is 38.1 Å². The molecule has 2 aromatic carbocycles. The van der Waals surface area contributed by atoms with Crippen LogP contribution in [0.2, 0.25) is 0 Å². The van der Waals surface area contributed by atoms with Crippen molar-refractivity contribution in [3.8, 4) is 5.75 Å². The molecule has 0 saturated carbocycles. The summed E-state index contributed by atoms with van der Waals surface area (Å²) < 4.78 is 32.5. The molecule has 4 nitrogen and oxygen atoms in total. The number of aliphatic hydroxyl groups excluding tert-OH is 1. The van der Waals surface area contributed by atoms with Gasteiger partial charge in [-0.25, -0.2) is 8.78 Å². The topological polar surface area (TPSA) is 58.6 Å². The molecule has 2 rings (SSSR count). The van der Waals surface area contributed by atoms with Crippen LogP contribution in [0.5, 0.6) is 5.75 Å². The summed E-state index contributed by atoms with van der Waals surface area (Å²) in [5.41, 5.74) is 0.900. The molecule has 25 heavy (non-hydrogen) atoms. The summed E-state index contributed by atoms with van der Waals surface area (Å²) in [6.45, 7) is 3.25. The van der Waals surface area contributed by atoms with E-state index in [1.807, 2.05) is 0 Å². The molecule has 0 aliphatic rings. The van der Waals surface area contributed by atoms with Crippen LogP contribution in [0.25, 0.3) is 0 Å². The van der Waals surface area contributed by atoms with Crippen LogP contribution < -0.4 is 10.1 Å². The number of hydrogen-bond donors (Lipinski definition) is 2. The normalized spacial score (nSPS) is 13.2. The highest BCUT2D eigenvalue weighted by atomic mass is 19.1. The molecule has 0 aliphatic carbocycles. The molecule has 134 valence electrons. The third-order valence-corrected chi connectivity index (χ3v) is 3.83. The first kappa shape index (κ1) is 18.9. The zero-order chi connectivity index (χ0) is 18.4. The number of hydrogen-bond acceptors (Lipinski definition) is 3. The van der Waals surface area contributed by atoms with Crippen LogP contribution in [-0.2, 0) is 11.4 Å². The fourth-order valence-corrected chi connectivity index (χ4v) is 2.45. The van der Waals surface area contributed by atoms with Gasteiger partial charge in [-0.2, -0.15) is 0 Å². The Hall–Kier alpha value is -2.47. The molecule has 0 aliphatic heterocycles. The minimum Gasteiger partial charge on any atom is -0.481 e. The van der Waals surface area contributed by atoms with Crippen LogP contribution in [0.15, 0.2) is 42.5 Å². The maximum Gasteiger partial charge on any atom is 0.261 e. The van der Waals surface area contributed by atoms with Crippen molar-refractivity contribution < 1.29 is 23.4 Å². The van der Waals surface area contributed by atoms with Crippen molar-refractivity contribution >= 4 is 5.91 Å². The van der Waals surface area contributed by atoms with Crippen LogP contribution in [0.3, 0.4) is 0 Å². The van der Waals surface area contributed by atoms with Gasteiger partial charge in [0.1, 0.15) is 17.4 Å². The Balaban J connectivity index is 2.05. The van der Waals surface area contributed by atoms with Gasteiger partial charge in [0.25, 0.3) is 5.91 Å². The van der Waals surface area contributed by atoms with Gasteiger partial charge in [0.15, 0.2) is 6.10 Å². The van der Waals surface area contributed by atoms with Crippen molar-refractivity contribution in [2.45, 2.75) is 39.0 Å². The van der Waals surface area contributed by atoms with Crippen LogP contribution >= 0.6 is 0 Å². The van der Waals surface area contributed by atoms with E-state index in [2.05, 4.69) is 5.32 Å². The molecule has 6 heteroatoms. The highest BCUT2D eigenvalue weighted by Crippen LogP contribution is 2.21. The summed E-state index contributed by atoms with van der Waals surface area (Å²) in [7, 11) is 0. The predicted octanol–water partition coefficient (Wildman–Crippen LogP) is 3.49. The number of ether oxygens (including phenoxy) is 1. The molecule has 2 aromatic rings. The van der Waals surface area contributed by atoms with E-state index in [9.17, 15) is 13.6 Å². The molecule has 1 amide bonds. The van der Waals surface area contributed by atoms with Gasteiger partial charge in [-0.15, -0.1) is 0 Å². The summed E-state index contributed by atoms with van der Waals surface area (Å²) in [6, 6.07) is 9.48. The Morgan fingerprint density at radius 1 is 1.24 bits per heavy atom. The van der Waals surface area contributed by atoms with E-state index >= 15 is 0 Å². The quantitative estimate of drug-likeness (QED) is 0.804. The second-order valence-electron chi connectivity index (χ2n) is 5.70. The molecule has 0 fully saturated rings. The van der Waals surface area contributed by atoms with Crippen LogP contribution in [0.4, 0.5) is 8.78 Å². The highest BCUT2D eigenvalue weighted by molar-refractivity contribution is 5.81. The van der Waals surface area contributed by atoms with Crippen molar-refractivity contribution in [3.63, 3.8) is 0 Å². The fourth-order valence-electron chi connectivity index (χ4n) is 2.45. The Morgan fingerprint density at radius 2 is 2.00 bits per heavy atom. The summed E-state index contributed by atoms with van der Waals surface area (Å²) in [4.78, 5) is 12.3. The molecule has 2 atom stereocenters. The summed E-state index contributed by atoms with van der Waals surface area (Å²) in [6.07, 6.45) is -0.368. The van der Waals surface area contributed by atoms with Crippen molar-refractivity contribution in [1.82, 2.24) is 5.32 Å². The lowest BCUT2D eigenvalue weighted by Gasteiger charge is -2.21. The zero-order valence-corrected chi connectivity index (χ0v) is 14.1. The number of amides is 1. The molecular weight excluding hydrogens is 328 g/mol. The average molecular weight is 349 g/mol. The molecule has 0 heterocycles. The molecule has 2 unspecified atom stereocenters. The number of rotatable bonds is 7. The molecule has 2 N–H and O–H groups in total. The minimum absolute atomic E-state index is 0.125. The van der Waals surface area contributed by atoms with Gasteiger partial charge < -0.3 is 15.2 Å². The van der Waals surface area contributed by atoms with E-state index < -0.39 is 29.7 Å². The van der Waals surface area contributed by atoms with Gasteiger partial charge in [0, 0.05) is 11.6 Å². The Kier molecular flexibility index (Phi) is 6.47. The number of carbonyl (C=O) groups excluding carboxylic acids is 1. The zero-order valence-electron chi connectivity index (χ0n) is 14.1. The van der Waals surface area contributed by atoms with Gasteiger partial charge in [-0.3, -0.25) is 4.79 Å². The standard InChI is InChI=1S/C19H21F2NO3/c1-3-18(16-8-7-14(20)10-17(16)21)22-19(24)12(2)25-15-6-4-5-13(9-15)11-23/h4-10,12,18,23H,3,11H2,1-2H3,(H,22,24).